The molecule has 7 heteroatoms. The van der Waals surface area contributed by atoms with Crippen LogP contribution in [0.2, 0.25) is 0 Å². The van der Waals surface area contributed by atoms with Crippen LogP contribution in [0.25, 0.3) is 10.9 Å². The molecule has 0 radical (unpaired) electrons. The van der Waals surface area contributed by atoms with Crippen LogP contribution in [0.1, 0.15) is 37.7 Å². The molecule has 1 aromatic heterocycles. The maximum Gasteiger partial charge on any atom is 0.262 e. The first kappa shape index (κ1) is 22.3. The summed E-state index contributed by atoms with van der Waals surface area (Å²) in [5, 5.41) is 1.16. The number of carbonyl (C=O) groups excluding carboxylic acids is 1. The van der Waals surface area contributed by atoms with E-state index in [1.165, 1.54) is 30.2 Å². The van der Waals surface area contributed by atoms with Crippen molar-refractivity contribution in [3.63, 3.8) is 0 Å². The average molecular weight is 450 g/mol. The van der Waals surface area contributed by atoms with Crippen LogP contribution in [0.5, 0.6) is 0 Å². The van der Waals surface area contributed by atoms with Crippen molar-refractivity contribution < 1.29 is 9.63 Å². The molecule has 0 saturated carbocycles. The van der Waals surface area contributed by atoms with E-state index >= 15 is 0 Å². The van der Waals surface area contributed by atoms with Crippen LogP contribution < -0.4 is 11.0 Å². The highest BCUT2D eigenvalue weighted by Crippen LogP contribution is 2.23. The lowest BCUT2D eigenvalue weighted by Crippen LogP contribution is -2.27. The number of nitrogens with zero attached hydrogens (tertiary/aromatic N) is 2. The van der Waals surface area contributed by atoms with E-state index in [0.717, 1.165) is 24.8 Å². The van der Waals surface area contributed by atoms with E-state index in [2.05, 4.69) is 16.5 Å². The fourth-order valence-electron chi connectivity index (χ4n) is 3.78. The minimum absolute atomic E-state index is 0.0600. The van der Waals surface area contributed by atoms with Crippen molar-refractivity contribution in [1.29, 1.82) is 0 Å². The molecule has 0 aliphatic heterocycles. The fourth-order valence-corrected chi connectivity index (χ4v) is 4.59. The summed E-state index contributed by atoms with van der Waals surface area (Å²) >= 11 is 1.26. The number of nitrogens with one attached hydrogen (secondary N) is 1. The van der Waals surface area contributed by atoms with Gasteiger partial charge in [0.1, 0.15) is 0 Å². The number of aromatic nitrogens is 2. The number of rotatable bonds is 9. The van der Waals surface area contributed by atoms with Gasteiger partial charge in [0.15, 0.2) is 5.16 Å². The second kappa shape index (κ2) is 11.1. The van der Waals surface area contributed by atoms with Crippen molar-refractivity contribution in [3.05, 3.63) is 82.2 Å². The second-order valence-electron chi connectivity index (χ2n) is 7.81. The molecule has 1 N–H and O–H groups in total. The number of amides is 1. The van der Waals surface area contributed by atoms with Crippen LogP contribution in [-0.2, 0) is 22.8 Å². The minimum Gasteiger partial charge on any atom is -0.287 e. The smallest absolute Gasteiger partial charge is 0.262 e. The quantitative estimate of drug-likeness (QED) is 0.223. The summed E-state index contributed by atoms with van der Waals surface area (Å²) in [5.74, 6) is -0.155. The van der Waals surface area contributed by atoms with Gasteiger partial charge in [-0.15, -0.1) is 0 Å². The van der Waals surface area contributed by atoms with Gasteiger partial charge in [-0.3, -0.25) is 19.0 Å². The zero-order valence-electron chi connectivity index (χ0n) is 18.0. The van der Waals surface area contributed by atoms with Crippen molar-refractivity contribution in [2.45, 2.75) is 50.4 Å². The average Bonchev–Trinajstić information content (AvgIpc) is 2.83. The van der Waals surface area contributed by atoms with Crippen LogP contribution in [0.3, 0.4) is 0 Å². The fraction of sp³-hybridized carbons (Fsp3) is 0.320. The molecule has 1 aliphatic carbocycles. The summed E-state index contributed by atoms with van der Waals surface area (Å²) in [7, 11) is 0. The third-order valence-corrected chi connectivity index (χ3v) is 6.44. The number of thioether (sulfide) groups is 1. The number of hydrogen-bond donors (Lipinski definition) is 1. The summed E-state index contributed by atoms with van der Waals surface area (Å²) < 4.78 is 1.71. The molecular formula is C25H27N3O3S. The van der Waals surface area contributed by atoms with Crippen LogP contribution in [0.4, 0.5) is 0 Å². The molecule has 0 bridgehead atoms. The highest BCUT2D eigenvalue weighted by Gasteiger charge is 2.14. The van der Waals surface area contributed by atoms with Gasteiger partial charge in [0.25, 0.3) is 11.5 Å². The summed E-state index contributed by atoms with van der Waals surface area (Å²) in [6.07, 6.45) is 7.79. The molecule has 1 amide bonds. The Morgan fingerprint density at radius 3 is 2.72 bits per heavy atom. The maximum absolute atomic E-state index is 13.2. The highest BCUT2D eigenvalue weighted by atomic mass is 32.2. The zero-order valence-corrected chi connectivity index (χ0v) is 18.8. The van der Waals surface area contributed by atoms with Crippen LogP contribution >= 0.6 is 11.8 Å². The summed E-state index contributed by atoms with van der Waals surface area (Å²) in [5.41, 5.74) is 5.44. The predicted molar refractivity (Wildman–Crippen MR) is 127 cm³/mol. The lowest BCUT2D eigenvalue weighted by Gasteiger charge is -2.16. The zero-order chi connectivity index (χ0) is 22.2. The molecule has 0 fully saturated rings. The predicted octanol–water partition coefficient (Wildman–Crippen LogP) is 4.63. The lowest BCUT2D eigenvalue weighted by molar-refractivity contribution is -0.131. The van der Waals surface area contributed by atoms with Gasteiger partial charge in [0, 0.05) is 6.54 Å². The van der Waals surface area contributed by atoms with Gasteiger partial charge in [0.2, 0.25) is 0 Å². The van der Waals surface area contributed by atoms with E-state index in [1.807, 2.05) is 48.5 Å². The normalized spacial score (nSPS) is 13.7. The van der Waals surface area contributed by atoms with Gasteiger partial charge in [0.05, 0.1) is 23.3 Å². The Kier molecular flexibility index (Phi) is 7.74. The summed E-state index contributed by atoms with van der Waals surface area (Å²) in [6, 6.07) is 17.0. The van der Waals surface area contributed by atoms with Gasteiger partial charge in [-0.2, -0.15) is 0 Å². The standard InChI is InChI=1S/C25H27N3O3S/c29-23(27-31-17-20-11-5-2-6-12-20)18-32-25-26-22-14-8-7-13-21(22)24(30)28(25)16-15-19-9-3-1-4-10-19/h2,5-9,11-14H,1,3-4,10,15-18H2,(H,27,29). The Labute approximate surface area is 191 Å². The molecule has 1 heterocycles. The Balaban J connectivity index is 1.43. The number of para-hydroxylation sites is 1. The van der Waals surface area contributed by atoms with E-state index in [4.69, 9.17) is 4.84 Å². The third kappa shape index (κ3) is 5.87. The number of hydroxylamine groups is 1. The van der Waals surface area contributed by atoms with E-state index in [9.17, 15) is 9.59 Å². The molecule has 166 valence electrons. The Morgan fingerprint density at radius 2 is 1.91 bits per heavy atom. The molecule has 32 heavy (non-hydrogen) atoms. The molecule has 3 aromatic rings. The van der Waals surface area contributed by atoms with Crippen LogP contribution in [0, 0.1) is 0 Å². The first-order valence-electron chi connectivity index (χ1n) is 11.0. The molecule has 0 unspecified atom stereocenters. The Morgan fingerprint density at radius 1 is 1.09 bits per heavy atom. The largest absolute Gasteiger partial charge is 0.287 e. The SMILES string of the molecule is O=C(CSc1nc2ccccc2c(=O)n1CCC1=CCCCC1)NOCc1ccccc1. The van der Waals surface area contributed by atoms with Crippen molar-refractivity contribution in [2.24, 2.45) is 0 Å². The number of fused-ring (bicyclic) bond motifs is 1. The first-order valence-corrected chi connectivity index (χ1v) is 11.9. The van der Waals surface area contributed by atoms with E-state index in [1.54, 1.807) is 10.6 Å². The topological polar surface area (TPSA) is 73.2 Å². The van der Waals surface area contributed by atoms with Gasteiger partial charge in [-0.25, -0.2) is 10.5 Å². The van der Waals surface area contributed by atoms with Crippen molar-refractivity contribution in [3.8, 4) is 0 Å². The van der Waals surface area contributed by atoms with Gasteiger partial charge < -0.3 is 0 Å². The van der Waals surface area contributed by atoms with Crippen molar-refractivity contribution in [2.75, 3.05) is 5.75 Å². The summed E-state index contributed by atoms with van der Waals surface area (Å²) in [6.45, 7) is 0.863. The van der Waals surface area contributed by atoms with Gasteiger partial charge in [-0.1, -0.05) is 65.9 Å². The van der Waals surface area contributed by atoms with Crippen molar-refractivity contribution >= 4 is 28.6 Å². The molecule has 4 rings (SSSR count). The monoisotopic (exact) mass is 449 g/mol. The first-order chi connectivity index (χ1) is 15.7. The van der Waals surface area contributed by atoms with Gasteiger partial charge >= 0.3 is 0 Å². The lowest BCUT2D eigenvalue weighted by atomic mass is 9.97. The molecule has 0 spiro atoms. The Hall–Kier alpha value is -2.90. The molecule has 0 atom stereocenters. The number of allylic oxidation sites excluding steroid dienone is 2. The van der Waals surface area contributed by atoms with Crippen molar-refractivity contribution in [1.82, 2.24) is 15.0 Å². The highest BCUT2D eigenvalue weighted by molar-refractivity contribution is 7.99. The maximum atomic E-state index is 13.2. The number of carbonyl (C=O) groups is 1. The molecule has 6 nitrogen and oxygen atoms in total. The number of hydrogen-bond acceptors (Lipinski definition) is 5. The number of benzene rings is 2. The minimum atomic E-state index is -0.269. The second-order valence-corrected chi connectivity index (χ2v) is 8.76. The van der Waals surface area contributed by atoms with E-state index in [-0.39, 0.29) is 17.2 Å². The molecular weight excluding hydrogens is 422 g/mol. The van der Waals surface area contributed by atoms with E-state index in [0.29, 0.717) is 29.2 Å². The third-order valence-electron chi connectivity index (χ3n) is 5.47. The van der Waals surface area contributed by atoms with Crippen LogP contribution in [-0.4, -0.2) is 21.2 Å². The van der Waals surface area contributed by atoms with E-state index < -0.39 is 0 Å². The van der Waals surface area contributed by atoms with Crippen LogP contribution in [0.15, 0.2) is 76.2 Å². The Bertz CT molecular complexity index is 1160. The summed E-state index contributed by atoms with van der Waals surface area (Å²) in [4.78, 5) is 35.4. The van der Waals surface area contributed by atoms with Gasteiger partial charge in [-0.05, 0) is 49.8 Å². The molecule has 0 saturated heterocycles. The molecule has 1 aliphatic rings. The molecule has 2 aromatic carbocycles.